The molecule has 1 saturated carbocycles. The van der Waals surface area contributed by atoms with Crippen LogP contribution < -0.4 is 9.47 Å². The van der Waals surface area contributed by atoms with Crippen LogP contribution in [0.4, 0.5) is 17.6 Å². The normalized spacial score (nSPS) is 15.4. The molecule has 1 N–H and O–H groups in total. The van der Waals surface area contributed by atoms with Crippen LogP contribution in [0.15, 0.2) is 78.4 Å². The number of pyridine rings is 1. The first-order valence-electron chi connectivity index (χ1n) is 14.3. The number of allylic oxidation sites excluding steroid dienone is 4. The van der Waals surface area contributed by atoms with Gasteiger partial charge in [-0.1, -0.05) is 18.7 Å². The first-order valence-corrected chi connectivity index (χ1v) is 14.3. The second-order valence-corrected chi connectivity index (χ2v) is 11.0. The van der Waals surface area contributed by atoms with Crippen molar-refractivity contribution in [3.63, 3.8) is 0 Å². The number of carbonyl (C=O) groups excluding carboxylic acids is 2. The van der Waals surface area contributed by atoms with Crippen molar-refractivity contribution in [2.24, 2.45) is 5.41 Å². The Morgan fingerprint density at radius 2 is 1.83 bits per heavy atom. The summed E-state index contributed by atoms with van der Waals surface area (Å²) in [6, 6.07) is 9.62. The molecular formula is C34H30F4N2O6. The Morgan fingerprint density at radius 3 is 2.48 bits per heavy atom. The molecule has 2 heterocycles. The van der Waals surface area contributed by atoms with Crippen LogP contribution >= 0.6 is 0 Å². The van der Waals surface area contributed by atoms with Crippen molar-refractivity contribution in [3.8, 4) is 22.6 Å². The van der Waals surface area contributed by atoms with E-state index < -0.39 is 35.6 Å². The number of halogens is 4. The number of rotatable bonds is 12. The maximum atomic E-state index is 15.2. The Balaban J connectivity index is 1.26. The number of fused-ring (bicyclic) bond motifs is 1. The number of nitrogens with zero attached hydrogens (tertiary/aromatic N) is 1. The average molecular weight is 639 g/mol. The van der Waals surface area contributed by atoms with Crippen LogP contribution in [0.1, 0.15) is 31.7 Å². The molecule has 5 rings (SSSR count). The molecule has 2 aromatic carbocycles. The number of alkyl halides is 3. The number of carbonyl (C=O) groups is 2. The SMILES string of the molecule is C=C1C=C(C(=N)CC(=O)Cc2ccc(-c3cnc4cc(OCCOC(C)=O)c(OC)cc4c3)cc2F)C=C(C2(C(F)(F)F)CC2)O1. The van der Waals surface area contributed by atoms with Crippen LogP contribution in [0.3, 0.4) is 0 Å². The molecule has 0 unspecified atom stereocenters. The first-order chi connectivity index (χ1) is 21.8. The van der Waals surface area contributed by atoms with Crippen molar-refractivity contribution >= 4 is 28.4 Å². The second-order valence-electron chi connectivity index (χ2n) is 11.0. The average Bonchev–Trinajstić information content (AvgIpc) is 3.82. The second kappa shape index (κ2) is 12.8. The smallest absolute Gasteiger partial charge is 0.401 e. The molecule has 3 aromatic rings. The third-order valence-electron chi connectivity index (χ3n) is 7.72. The molecule has 0 spiro atoms. The fourth-order valence-corrected chi connectivity index (χ4v) is 5.11. The Bertz CT molecular complexity index is 1810. The lowest BCUT2D eigenvalue weighted by Gasteiger charge is -2.26. The molecule has 46 heavy (non-hydrogen) atoms. The van der Waals surface area contributed by atoms with Gasteiger partial charge in [0.2, 0.25) is 0 Å². The van der Waals surface area contributed by atoms with Gasteiger partial charge in [-0.3, -0.25) is 14.6 Å². The van der Waals surface area contributed by atoms with Crippen molar-refractivity contribution in [3.05, 3.63) is 89.8 Å². The molecule has 0 radical (unpaired) electrons. The minimum Gasteiger partial charge on any atom is -0.493 e. The third-order valence-corrected chi connectivity index (χ3v) is 7.72. The van der Waals surface area contributed by atoms with E-state index in [1.807, 2.05) is 0 Å². The number of ether oxygens (including phenoxy) is 4. The molecule has 8 nitrogen and oxygen atoms in total. The van der Waals surface area contributed by atoms with Gasteiger partial charge in [-0.15, -0.1) is 0 Å². The molecule has 0 amide bonds. The van der Waals surface area contributed by atoms with Gasteiger partial charge in [0.25, 0.3) is 0 Å². The lowest BCUT2D eigenvalue weighted by Crippen LogP contribution is -2.29. The number of benzene rings is 2. The lowest BCUT2D eigenvalue weighted by molar-refractivity contribution is -0.183. The van der Waals surface area contributed by atoms with Crippen LogP contribution in [0.5, 0.6) is 11.5 Å². The van der Waals surface area contributed by atoms with Gasteiger partial charge in [-0.05, 0) is 54.3 Å². The molecule has 1 aliphatic carbocycles. The van der Waals surface area contributed by atoms with E-state index in [-0.39, 0.29) is 60.8 Å². The molecule has 240 valence electrons. The summed E-state index contributed by atoms with van der Waals surface area (Å²) >= 11 is 0. The van der Waals surface area contributed by atoms with Crippen molar-refractivity contribution in [2.45, 2.75) is 38.8 Å². The van der Waals surface area contributed by atoms with E-state index in [9.17, 15) is 22.8 Å². The first kappa shape index (κ1) is 32.4. The number of hydrogen-bond acceptors (Lipinski definition) is 8. The van der Waals surface area contributed by atoms with E-state index in [4.69, 9.17) is 24.4 Å². The minimum atomic E-state index is -4.51. The molecular weight excluding hydrogens is 608 g/mol. The van der Waals surface area contributed by atoms with E-state index in [0.29, 0.717) is 33.5 Å². The Kier molecular flexibility index (Phi) is 9.00. The summed E-state index contributed by atoms with van der Waals surface area (Å²) in [5, 5.41) is 9.06. The van der Waals surface area contributed by atoms with Crippen molar-refractivity contribution in [2.75, 3.05) is 20.3 Å². The van der Waals surface area contributed by atoms with Crippen molar-refractivity contribution < 1.29 is 46.1 Å². The van der Waals surface area contributed by atoms with Gasteiger partial charge >= 0.3 is 12.1 Å². The number of aromatic nitrogens is 1. The standard InChI is InChI=1S/C34H30F4N2O6/c1-19-10-23(15-32(46-19)33(6-7-33)34(36,37)38)28(39)16-26(42)12-22-5-4-21(13-27(22)35)25-11-24-14-30(43-3)31(17-29(24)40-18-25)45-9-8-44-20(2)41/h4-5,10-11,13-15,17-18,39H,1,6-9,12,16H2,2-3H3. The predicted octanol–water partition coefficient (Wildman–Crippen LogP) is 7.21. The number of nitrogens with one attached hydrogen (secondary N) is 1. The van der Waals surface area contributed by atoms with E-state index in [1.54, 1.807) is 30.5 Å². The molecule has 0 saturated heterocycles. The summed E-state index contributed by atoms with van der Waals surface area (Å²) in [5.74, 6) is -1.05. The van der Waals surface area contributed by atoms with Gasteiger partial charge in [0.15, 0.2) is 11.5 Å². The van der Waals surface area contributed by atoms with Gasteiger partial charge in [0, 0.05) is 54.3 Å². The van der Waals surface area contributed by atoms with Crippen LogP contribution in [-0.4, -0.2) is 48.9 Å². The number of esters is 1. The highest BCUT2D eigenvalue weighted by molar-refractivity contribution is 6.11. The fraction of sp³-hybridized carbons (Fsp3) is 0.294. The zero-order chi connectivity index (χ0) is 33.2. The number of ketones is 1. The van der Waals surface area contributed by atoms with Gasteiger partial charge in [-0.2, -0.15) is 13.2 Å². The number of methoxy groups -OCH3 is 1. The minimum absolute atomic E-state index is 0.0477. The number of Topliss-reactive ketones (excluding diaryl/α,β-unsaturated/α-hetero) is 1. The summed E-state index contributed by atoms with van der Waals surface area (Å²) in [6.07, 6.45) is -1.44. The molecule has 1 fully saturated rings. The summed E-state index contributed by atoms with van der Waals surface area (Å²) in [6.45, 7) is 5.10. The molecule has 1 aromatic heterocycles. The Labute approximate surface area is 261 Å². The third kappa shape index (κ3) is 6.95. The topological polar surface area (TPSA) is 108 Å². The maximum absolute atomic E-state index is 15.2. The van der Waals surface area contributed by atoms with Gasteiger partial charge in [-0.25, -0.2) is 4.39 Å². The lowest BCUT2D eigenvalue weighted by atomic mass is 9.94. The number of hydrogen-bond donors (Lipinski definition) is 1. The highest BCUT2D eigenvalue weighted by Gasteiger charge is 2.67. The quantitative estimate of drug-likeness (QED) is 0.0967. The maximum Gasteiger partial charge on any atom is 0.401 e. The summed E-state index contributed by atoms with van der Waals surface area (Å²) in [4.78, 5) is 28.2. The van der Waals surface area contributed by atoms with Crippen molar-refractivity contribution in [1.82, 2.24) is 4.98 Å². The van der Waals surface area contributed by atoms with E-state index >= 15 is 4.39 Å². The summed E-state index contributed by atoms with van der Waals surface area (Å²) < 4.78 is 77.2. The van der Waals surface area contributed by atoms with Crippen LogP contribution in [0.25, 0.3) is 22.0 Å². The highest BCUT2D eigenvalue weighted by Crippen LogP contribution is 2.63. The zero-order valence-electron chi connectivity index (χ0n) is 25.1. The predicted molar refractivity (Wildman–Crippen MR) is 161 cm³/mol. The monoisotopic (exact) mass is 638 g/mol. The highest BCUT2D eigenvalue weighted by atomic mass is 19.4. The van der Waals surface area contributed by atoms with Gasteiger partial charge in [0.05, 0.1) is 12.6 Å². The Morgan fingerprint density at radius 1 is 1.07 bits per heavy atom. The van der Waals surface area contributed by atoms with Crippen LogP contribution in [0.2, 0.25) is 0 Å². The molecule has 12 heteroatoms. The van der Waals surface area contributed by atoms with Gasteiger partial charge in [0.1, 0.15) is 41.7 Å². The zero-order valence-corrected chi connectivity index (χ0v) is 25.1. The summed E-state index contributed by atoms with van der Waals surface area (Å²) in [7, 11) is 1.48. The van der Waals surface area contributed by atoms with E-state index in [0.717, 1.165) is 6.08 Å². The molecule has 0 atom stereocenters. The van der Waals surface area contributed by atoms with Crippen LogP contribution in [0, 0.1) is 16.6 Å². The Hall–Kier alpha value is -5.00. The fourth-order valence-electron chi connectivity index (χ4n) is 5.11. The molecule has 2 aliphatic rings. The summed E-state index contributed by atoms with van der Waals surface area (Å²) in [5.41, 5.74) is -0.375. The van der Waals surface area contributed by atoms with Crippen LogP contribution in [-0.2, 0) is 25.5 Å². The van der Waals surface area contributed by atoms with E-state index in [1.165, 1.54) is 32.2 Å². The largest absolute Gasteiger partial charge is 0.493 e. The van der Waals surface area contributed by atoms with Gasteiger partial charge < -0.3 is 24.4 Å². The molecule has 1 aliphatic heterocycles. The van der Waals surface area contributed by atoms with E-state index in [2.05, 4.69) is 11.6 Å². The molecule has 0 bridgehead atoms. The van der Waals surface area contributed by atoms with Crippen molar-refractivity contribution in [1.29, 1.82) is 5.41 Å².